The molecule has 0 fully saturated rings. The first-order valence-corrected chi connectivity index (χ1v) is 8.81. The molecule has 0 unspecified atom stereocenters. The number of terminal acetylenes is 1. The lowest BCUT2D eigenvalue weighted by atomic mass is 10.1. The largest absolute Gasteiger partial charge is 0.496 e. The van der Waals surface area contributed by atoms with Gasteiger partial charge in [0.25, 0.3) is 0 Å². The molecule has 2 aromatic carbocycles. The maximum atomic E-state index is 12.1. The molecular weight excluding hydrogens is 334 g/mol. The number of ether oxygens (including phenoxy) is 1. The van der Waals surface area contributed by atoms with Crippen molar-refractivity contribution in [3.05, 3.63) is 59.2 Å². The molecule has 0 aliphatic heterocycles. The molecule has 0 bridgehead atoms. The molecule has 25 heavy (non-hydrogen) atoms. The number of Topliss-reactive ketones (excluding diaryl/α,β-unsaturated/α-hetero) is 1. The molecule has 5 heteroatoms. The second-order valence-electron chi connectivity index (χ2n) is 5.35. The van der Waals surface area contributed by atoms with Gasteiger partial charge >= 0.3 is 0 Å². The smallest absolute Gasteiger partial charge is 0.234 e. The lowest BCUT2D eigenvalue weighted by Gasteiger charge is -2.10. The average molecular weight is 353 g/mol. The fraction of sp³-hybridized carbons (Fsp3) is 0.200. The Kier molecular flexibility index (Phi) is 6.67. The van der Waals surface area contributed by atoms with Gasteiger partial charge in [0.1, 0.15) is 5.75 Å². The van der Waals surface area contributed by atoms with Crippen molar-refractivity contribution >= 4 is 29.1 Å². The van der Waals surface area contributed by atoms with Crippen molar-refractivity contribution < 1.29 is 14.3 Å². The molecule has 0 saturated heterocycles. The molecule has 0 spiro atoms. The first-order valence-electron chi connectivity index (χ1n) is 7.65. The van der Waals surface area contributed by atoms with E-state index in [1.807, 2.05) is 6.07 Å². The van der Waals surface area contributed by atoms with Crippen LogP contribution >= 0.6 is 11.8 Å². The summed E-state index contributed by atoms with van der Waals surface area (Å²) in [6, 6.07) is 12.5. The van der Waals surface area contributed by atoms with E-state index >= 15 is 0 Å². The van der Waals surface area contributed by atoms with Gasteiger partial charge in [0.2, 0.25) is 5.91 Å². The molecule has 0 heterocycles. The quantitative estimate of drug-likeness (QED) is 0.608. The van der Waals surface area contributed by atoms with E-state index in [2.05, 4.69) is 11.2 Å². The molecule has 1 N–H and O–H groups in total. The van der Waals surface area contributed by atoms with Crippen molar-refractivity contribution in [2.45, 2.75) is 12.7 Å². The second kappa shape index (κ2) is 8.95. The summed E-state index contributed by atoms with van der Waals surface area (Å²) in [7, 11) is 1.59. The SMILES string of the molecule is C#Cc1cccc(NC(=O)CSCc2cc(C(C)=O)ccc2OC)c1. The molecule has 0 aliphatic carbocycles. The number of nitrogens with one attached hydrogen (secondary N) is 1. The van der Waals surface area contributed by atoms with Gasteiger partial charge in [-0.15, -0.1) is 18.2 Å². The number of benzene rings is 2. The molecule has 0 saturated carbocycles. The van der Waals surface area contributed by atoms with Crippen LogP contribution in [0.1, 0.15) is 28.4 Å². The number of ketones is 1. The van der Waals surface area contributed by atoms with Crippen molar-refractivity contribution in [3.8, 4) is 18.1 Å². The number of carbonyl (C=O) groups is 2. The van der Waals surface area contributed by atoms with E-state index in [1.54, 1.807) is 43.5 Å². The molecule has 2 aromatic rings. The van der Waals surface area contributed by atoms with Crippen LogP contribution in [0.15, 0.2) is 42.5 Å². The molecule has 128 valence electrons. The van der Waals surface area contributed by atoms with E-state index < -0.39 is 0 Å². The van der Waals surface area contributed by atoms with E-state index in [4.69, 9.17) is 11.2 Å². The molecule has 4 nitrogen and oxygen atoms in total. The monoisotopic (exact) mass is 353 g/mol. The van der Waals surface area contributed by atoms with Crippen LogP contribution in [0.2, 0.25) is 0 Å². The molecule has 0 aromatic heterocycles. The van der Waals surface area contributed by atoms with Gasteiger partial charge < -0.3 is 10.1 Å². The van der Waals surface area contributed by atoms with Crippen molar-refractivity contribution in [1.29, 1.82) is 0 Å². The van der Waals surface area contributed by atoms with E-state index in [9.17, 15) is 9.59 Å². The van der Waals surface area contributed by atoms with Crippen LogP contribution in [0.25, 0.3) is 0 Å². The highest BCUT2D eigenvalue weighted by Gasteiger charge is 2.09. The summed E-state index contributed by atoms with van der Waals surface area (Å²) >= 11 is 1.45. The van der Waals surface area contributed by atoms with Crippen LogP contribution in [0, 0.1) is 12.3 Å². The first-order chi connectivity index (χ1) is 12.0. The zero-order valence-corrected chi connectivity index (χ0v) is 15.0. The Morgan fingerprint density at radius 2 is 2.04 bits per heavy atom. The lowest BCUT2D eigenvalue weighted by molar-refractivity contribution is -0.113. The number of carbonyl (C=O) groups excluding carboxylic acids is 2. The average Bonchev–Trinajstić information content (AvgIpc) is 2.61. The Hall–Kier alpha value is -2.71. The predicted octanol–water partition coefficient (Wildman–Crippen LogP) is 3.75. The summed E-state index contributed by atoms with van der Waals surface area (Å²) in [4.78, 5) is 23.6. The third kappa shape index (κ3) is 5.40. The molecular formula is C20H19NO3S. The van der Waals surface area contributed by atoms with Crippen LogP contribution in [0.5, 0.6) is 5.75 Å². The highest BCUT2D eigenvalue weighted by Crippen LogP contribution is 2.25. The molecule has 1 amide bonds. The highest BCUT2D eigenvalue weighted by molar-refractivity contribution is 7.99. The molecule has 0 radical (unpaired) electrons. The van der Waals surface area contributed by atoms with E-state index in [1.165, 1.54) is 18.7 Å². The number of anilines is 1. The minimum absolute atomic E-state index is 0.0000381. The highest BCUT2D eigenvalue weighted by atomic mass is 32.2. The normalized spacial score (nSPS) is 9.96. The van der Waals surface area contributed by atoms with Crippen molar-refractivity contribution in [3.63, 3.8) is 0 Å². The molecule has 0 atom stereocenters. The predicted molar refractivity (Wildman–Crippen MR) is 102 cm³/mol. The Bertz CT molecular complexity index is 824. The summed E-state index contributed by atoms with van der Waals surface area (Å²) in [5, 5.41) is 2.82. The fourth-order valence-corrected chi connectivity index (χ4v) is 3.05. The van der Waals surface area contributed by atoms with Crippen LogP contribution in [0.4, 0.5) is 5.69 Å². The van der Waals surface area contributed by atoms with Gasteiger partial charge in [-0.1, -0.05) is 12.0 Å². The van der Waals surface area contributed by atoms with Gasteiger partial charge in [-0.3, -0.25) is 9.59 Å². The Labute approximate surface area is 152 Å². The van der Waals surface area contributed by atoms with E-state index in [0.29, 0.717) is 22.8 Å². The minimum atomic E-state index is -0.110. The number of hydrogen-bond donors (Lipinski definition) is 1. The molecule has 2 rings (SSSR count). The molecule has 0 aliphatic rings. The topological polar surface area (TPSA) is 55.4 Å². The second-order valence-corrected chi connectivity index (χ2v) is 6.33. The van der Waals surface area contributed by atoms with Gasteiger partial charge in [-0.05, 0) is 43.3 Å². The third-order valence-corrected chi connectivity index (χ3v) is 4.47. The Morgan fingerprint density at radius 1 is 1.24 bits per heavy atom. The minimum Gasteiger partial charge on any atom is -0.496 e. The summed E-state index contributed by atoms with van der Waals surface area (Å²) in [6.07, 6.45) is 5.35. The Morgan fingerprint density at radius 3 is 2.72 bits per heavy atom. The number of rotatable bonds is 7. The van der Waals surface area contributed by atoms with Crippen molar-refractivity contribution in [2.75, 3.05) is 18.2 Å². The lowest BCUT2D eigenvalue weighted by Crippen LogP contribution is -2.14. The first kappa shape index (κ1) is 18.6. The maximum Gasteiger partial charge on any atom is 0.234 e. The number of hydrogen-bond acceptors (Lipinski definition) is 4. The summed E-state index contributed by atoms with van der Waals surface area (Å²) in [5.41, 5.74) is 2.92. The van der Waals surface area contributed by atoms with Crippen LogP contribution < -0.4 is 10.1 Å². The summed E-state index contributed by atoms with van der Waals surface area (Å²) < 4.78 is 5.31. The van der Waals surface area contributed by atoms with Crippen LogP contribution in [-0.4, -0.2) is 24.6 Å². The van der Waals surface area contributed by atoms with Crippen LogP contribution in [-0.2, 0) is 10.5 Å². The van der Waals surface area contributed by atoms with Gasteiger partial charge in [0.05, 0.1) is 12.9 Å². The number of thioether (sulfide) groups is 1. The Balaban J connectivity index is 1.93. The third-order valence-electron chi connectivity index (χ3n) is 3.49. The van der Waals surface area contributed by atoms with Gasteiger partial charge in [0.15, 0.2) is 5.78 Å². The van der Waals surface area contributed by atoms with E-state index in [0.717, 1.165) is 11.1 Å². The maximum absolute atomic E-state index is 12.1. The van der Waals surface area contributed by atoms with Crippen molar-refractivity contribution in [2.24, 2.45) is 0 Å². The zero-order valence-electron chi connectivity index (χ0n) is 14.2. The zero-order chi connectivity index (χ0) is 18.2. The van der Waals surface area contributed by atoms with E-state index in [-0.39, 0.29) is 17.4 Å². The fourth-order valence-electron chi connectivity index (χ4n) is 2.25. The summed E-state index contributed by atoms with van der Waals surface area (Å²) in [5.74, 6) is 3.99. The van der Waals surface area contributed by atoms with Gasteiger partial charge in [-0.25, -0.2) is 0 Å². The van der Waals surface area contributed by atoms with Gasteiger partial charge in [0, 0.05) is 28.1 Å². The van der Waals surface area contributed by atoms with Gasteiger partial charge in [-0.2, -0.15) is 0 Å². The number of methoxy groups -OCH3 is 1. The van der Waals surface area contributed by atoms with Crippen molar-refractivity contribution in [1.82, 2.24) is 0 Å². The summed E-state index contributed by atoms with van der Waals surface area (Å²) in [6.45, 7) is 1.52. The standard InChI is InChI=1S/C20H19NO3S/c1-4-15-6-5-7-18(10-15)21-20(23)13-25-12-17-11-16(14(2)22)8-9-19(17)24-3/h1,5-11H,12-13H2,2-3H3,(H,21,23). The number of amides is 1. The van der Waals surface area contributed by atoms with Crippen LogP contribution in [0.3, 0.4) is 0 Å².